The van der Waals surface area contributed by atoms with Crippen LogP contribution in [0.1, 0.15) is 57.8 Å². The summed E-state index contributed by atoms with van der Waals surface area (Å²) in [5, 5.41) is 2.86. The number of allylic oxidation sites excluding steroid dienone is 4. The number of nitrogens with one attached hydrogen (secondary N) is 1. The predicted octanol–water partition coefficient (Wildman–Crippen LogP) is 5.59. The lowest BCUT2D eigenvalue weighted by Gasteiger charge is -2.19. The van der Waals surface area contributed by atoms with Crippen molar-refractivity contribution in [3.05, 3.63) is 66.4 Å². The van der Waals surface area contributed by atoms with Crippen LogP contribution in [0.15, 0.2) is 60.8 Å². The molecule has 1 amide bonds. The second-order valence-corrected chi connectivity index (χ2v) is 5.97. The Morgan fingerprint density at radius 3 is 2.39 bits per heavy atom. The van der Waals surface area contributed by atoms with Gasteiger partial charge in [0.1, 0.15) is 5.75 Å². The van der Waals surface area contributed by atoms with Gasteiger partial charge in [0.25, 0.3) is 5.91 Å². The van der Waals surface area contributed by atoms with Crippen LogP contribution in [-0.4, -0.2) is 37.0 Å². The quantitative estimate of drug-likeness (QED) is 0.376. The van der Waals surface area contributed by atoms with Crippen molar-refractivity contribution in [2.75, 3.05) is 26.2 Å². The van der Waals surface area contributed by atoms with Crippen LogP contribution in [-0.2, 0) is 0 Å². The minimum absolute atomic E-state index is 0.152. The number of rotatable bonds is 12. The lowest BCUT2D eigenvalue weighted by molar-refractivity contribution is 0.0967. The van der Waals surface area contributed by atoms with Crippen LogP contribution in [0, 0.1) is 0 Å². The standard InChI is InChI=1S/C22H32N2O2.C2H6/c1-5-10-20(11-6-2)23-22(25)19-12-14-21(15-13-19)26-18-9-17-24(8-4)16-7-3;1-2/h5-6,10-15H,1,7-9,16-18H2,2-4H3,(H,23,25);1-2H3/b11-6-,20-10+;. The molecule has 1 rings (SSSR count). The van der Waals surface area contributed by atoms with E-state index in [2.05, 4.69) is 30.6 Å². The molecule has 28 heavy (non-hydrogen) atoms. The number of nitrogens with zero attached hydrogens (tertiary/aromatic N) is 1. The Morgan fingerprint density at radius 2 is 1.86 bits per heavy atom. The summed E-state index contributed by atoms with van der Waals surface area (Å²) >= 11 is 0. The van der Waals surface area contributed by atoms with Gasteiger partial charge in [-0.25, -0.2) is 0 Å². The topological polar surface area (TPSA) is 41.6 Å². The molecule has 0 unspecified atom stereocenters. The van der Waals surface area contributed by atoms with Crippen molar-refractivity contribution in [3.63, 3.8) is 0 Å². The van der Waals surface area contributed by atoms with Crippen molar-refractivity contribution in [1.82, 2.24) is 10.2 Å². The summed E-state index contributed by atoms with van der Waals surface area (Å²) in [6.07, 6.45) is 9.27. The zero-order valence-electron chi connectivity index (χ0n) is 18.3. The summed E-state index contributed by atoms with van der Waals surface area (Å²) in [7, 11) is 0. The van der Waals surface area contributed by atoms with Crippen LogP contribution in [0.5, 0.6) is 5.75 Å². The summed E-state index contributed by atoms with van der Waals surface area (Å²) < 4.78 is 5.78. The number of carbonyl (C=O) groups excluding carboxylic acids is 1. The molecule has 0 radical (unpaired) electrons. The summed E-state index contributed by atoms with van der Waals surface area (Å²) in [5.41, 5.74) is 1.30. The molecule has 0 aliphatic heterocycles. The number of amides is 1. The first-order valence-corrected chi connectivity index (χ1v) is 10.4. The van der Waals surface area contributed by atoms with E-state index in [9.17, 15) is 4.79 Å². The molecule has 156 valence electrons. The van der Waals surface area contributed by atoms with Gasteiger partial charge in [0.2, 0.25) is 0 Å². The molecule has 1 aromatic rings. The van der Waals surface area contributed by atoms with E-state index in [1.807, 2.05) is 45.1 Å². The number of ether oxygens (including phenoxy) is 1. The molecule has 0 aliphatic rings. The number of hydrogen-bond donors (Lipinski definition) is 1. The van der Waals surface area contributed by atoms with Crippen LogP contribution in [0.4, 0.5) is 0 Å². The van der Waals surface area contributed by atoms with Crippen molar-refractivity contribution < 1.29 is 9.53 Å². The first kappa shape index (κ1) is 25.7. The fourth-order valence-corrected chi connectivity index (χ4v) is 2.57. The Morgan fingerprint density at radius 1 is 1.18 bits per heavy atom. The van der Waals surface area contributed by atoms with Gasteiger partial charge in [-0.15, -0.1) is 0 Å². The van der Waals surface area contributed by atoms with Crippen molar-refractivity contribution in [2.45, 2.75) is 47.5 Å². The Labute approximate surface area is 172 Å². The van der Waals surface area contributed by atoms with Crippen LogP contribution >= 0.6 is 0 Å². The summed E-state index contributed by atoms with van der Waals surface area (Å²) in [5.74, 6) is 0.635. The molecule has 0 heterocycles. The van der Waals surface area contributed by atoms with E-state index >= 15 is 0 Å². The summed E-state index contributed by atoms with van der Waals surface area (Å²) in [6, 6.07) is 7.23. The molecular formula is C24H38N2O2. The van der Waals surface area contributed by atoms with Crippen molar-refractivity contribution >= 4 is 5.91 Å². The predicted molar refractivity (Wildman–Crippen MR) is 121 cm³/mol. The minimum Gasteiger partial charge on any atom is -0.494 e. The normalized spacial score (nSPS) is 11.1. The molecule has 0 atom stereocenters. The molecule has 4 nitrogen and oxygen atoms in total. The lowest BCUT2D eigenvalue weighted by Crippen LogP contribution is -2.26. The van der Waals surface area contributed by atoms with Crippen LogP contribution in [0.25, 0.3) is 0 Å². The number of carbonyl (C=O) groups is 1. The third kappa shape index (κ3) is 10.7. The van der Waals surface area contributed by atoms with Gasteiger partial charge in [-0.05, 0) is 69.3 Å². The maximum atomic E-state index is 12.3. The largest absolute Gasteiger partial charge is 0.494 e. The molecule has 0 saturated carbocycles. The van der Waals surface area contributed by atoms with E-state index in [0.717, 1.165) is 31.8 Å². The molecule has 0 aromatic heterocycles. The first-order chi connectivity index (χ1) is 13.6. The summed E-state index contributed by atoms with van der Waals surface area (Å²) in [4.78, 5) is 14.7. The molecule has 0 bridgehead atoms. The molecular weight excluding hydrogens is 348 g/mol. The average molecular weight is 387 g/mol. The molecule has 0 aliphatic carbocycles. The van der Waals surface area contributed by atoms with Crippen molar-refractivity contribution in [3.8, 4) is 5.75 Å². The van der Waals surface area contributed by atoms with Crippen molar-refractivity contribution in [2.24, 2.45) is 0 Å². The first-order valence-electron chi connectivity index (χ1n) is 10.4. The second-order valence-electron chi connectivity index (χ2n) is 5.97. The zero-order valence-corrected chi connectivity index (χ0v) is 18.3. The van der Waals surface area contributed by atoms with Gasteiger partial charge >= 0.3 is 0 Å². The Balaban J connectivity index is 0.00000352. The van der Waals surface area contributed by atoms with Gasteiger partial charge in [0.15, 0.2) is 0 Å². The average Bonchev–Trinajstić information content (AvgIpc) is 2.72. The highest BCUT2D eigenvalue weighted by Gasteiger charge is 2.07. The molecule has 1 N–H and O–H groups in total. The molecule has 0 fully saturated rings. The second kappa shape index (κ2) is 16.8. The van der Waals surface area contributed by atoms with Gasteiger partial charge in [-0.1, -0.05) is 46.4 Å². The van der Waals surface area contributed by atoms with Crippen LogP contribution in [0.3, 0.4) is 0 Å². The Hall–Kier alpha value is -2.33. The van der Waals surface area contributed by atoms with Gasteiger partial charge < -0.3 is 15.0 Å². The fourth-order valence-electron chi connectivity index (χ4n) is 2.57. The van der Waals surface area contributed by atoms with E-state index in [1.165, 1.54) is 6.42 Å². The molecule has 0 spiro atoms. The zero-order chi connectivity index (χ0) is 21.2. The summed E-state index contributed by atoms with van der Waals surface area (Å²) in [6.45, 7) is 17.9. The number of benzene rings is 1. The van der Waals surface area contributed by atoms with E-state index in [1.54, 1.807) is 24.3 Å². The van der Waals surface area contributed by atoms with E-state index in [0.29, 0.717) is 17.9 Å². The van der Waals surface area contributed by atoms with Gasteiger partial charge in [-0.3, -0.25) is 4.79 Å². The Bertz CT molecular complexity index is 604. The SMILES string of the molecule is C=C/C=C(\C=C/C)NC(=O)c1ccc(OCCCN(CC)CCC)cc1.CC. The van der Waals surface area contributed by atoms with Crippen molar-refractivity contribution in [1.29, 1.82) is 0 Å². The molecule has 0 saturated heterocycles. The van der Waals surface area contributed by atoms with E-state index in [-0.39, 0.29) is 5.91 Å². The Kier molecular flexibility index (Phi) is 15.4. The fraction of sp³-hybridized carbons (Fsp3) is 0.458. The lowest BCUT2D eigenvalue weighted by atomic mass is 10.2. The third-order valence-corrected chi connectivity index (χ3v) is 3.89. The van der Waals surface area contributed by atoms with Gasteiger partial charge in [0.05, 0.1) is 6.61 Å². The van der Waals surface area contributed by atoms with Gasteiger partial charge in [-0.2, -0.15) is 0 Å². The van der Waals surface area contributed by atoms with E-state index < -0.39 is 0 Å². The van der Waals surface area contributed by atoms with E-state index in [4.69, 9.17) is 4.74 Å². The number of hydrogen-bond acceptors (Lipinski definition) is 3. The molecule has 1 aromatic carbocycles. The molecule has 4 heteroatoms. The van der Waals surface area contributed by atoms with Crippen LogP contribution < -0.4 is 10.1 Å². The highest BCUT2D eigenvalue weighted by molar-refractivity contribution is 5.95. The highest BCUT2D eigenvalue weighted by atomic mass is 16.5. The smallest absolute Gasteiger partial charge is 0.255 e. The third-order valence-electron chi connectivity index (χ3n) is 3.89. The highest BCUT2D eigenvalue weighted by Crippen LogP contribution is 2.13. The monoisotopic (exact) mass is 386 g/mol. The van der Waals surface area contributed by atoms with Crippen LogP contribution in [0.2, 0.25) is 0 Å². The maximum absolute atomic E-state index is 12.3. The minimum atomic E-state index is -0.152. The maximum Gasteiger partial charge on any atom is 0.255 e. The van der Waals surface area contributed by atoms with Gasteiger partial charge in [0, 0.05) is 17.8 Å².